The van der Waals surface area contributed by atoms with E-state index in [1.807, 2.05) is 0 Å². The number of nitrogens with one attached hydrogen (secondary N) is 1. The van der Waals surface area contributed by atoms with Gasteiger partial charge in [0.15, 0.2) is 0 Å². The van der Waals surface area contributed by atoms with Gasteiger partial charge in [-0.15, -0.1) is 0 Å². The number of nitrogens with zero attached hydrogens (tertiary/aromatic N) is 1. The number of carbonyl (C=O) groups excluding carboxylic acids is 2. The summed E-state index contributed by atoms with van der Waals surface area (Å²) in [5.74, 6) is -0.149. The Labute approximate surface area is 161 Å². The number of methoxy groups -OCH3 is 2. The number of thioether (sulfide) groups is 1. The predicted octanol–water partition coefficient (Wildman–Crippen LogP) is 1.13. The van der Waals surface area contributed by atoms with Crippen molar-refractivity contribution in [1.29, 1.82) is 0 Å². The lowest BCUT2D eigenvalue weighted by molar-refractivity contribution is -0.147. The van der Waals surface area contributed by atoms with Crippen molar-refractivity contribution in [2.45, 2.75) is 18.4 Å². The molecule has 1 aromatic rings. The fourth-order valence-corrected chi connectivity index (χ4v) is 4.67. The van der Waals surface area contributed by atoms with Crippen molar-refractivity contribution in [3.63, 3.8) is 0 Å². The lowest BCUT2D eigenvalue weighted by Crippen LogP contribution is -2.56. The summed E-state index contributed by atoms with van der Waals surface area (Å²) in [5, 5.41) is 12.2. The van der Waals surface area contributed by atoms with Gasteiger partial charge in [0.05, 0.1) is 25.8 Å². The summed E-state index contributed by atoms with van der Waals surface area (Å²) >= 11 is 1.50. The number of hydrogen-bond acceptors (Lipinski definition) is 6. The van der Waals surface area contributed by atoms with Gasteiger partial charge in [-0.3, -0.25) is 9.59 Å². The number of carboxylic acids is 1. The maximum Gasteiger partial charge on any atom is 0.330 e. The van der Waals surface area contributed by atoms with Crippen LogP contribution in [0.25, 0.3) is 0 Å². The van der Waals surface area contributed by atoms with Crippen LogP contribution >= 0.6 is 11.8 Å². The largest absolute Gasteiger partial charge is 0.497 e. The first-order chi connectivity index (χ1) is 12.9. The van der Waals surface area contributed by atoms with Crippen LogP contribution < -0.4 is 19.7 Å². The maximum atomic E-state index is 12.7. The average molecular weight is 394 g/mol. The third kappa shape index (κ3) is 3.69. The van der Waals surface area contributed by atoms with Gasteiger partial charge in [-0.1, -0.05) is 0 Å². The van der Waals surface area contributed by atoms with E-state index in [1.54, 1.807) is 18.2 Å². The van der Waals surface area contributed by atoms with E-state index in [9.17, 15) is 19.5 Å². The zero-order chi connectivity index (χ0) is 19.6. The monoisotopic (exact) mass is 394 g/mol. The molecule has 2 saturated heterocycles. The lowest BCUT2D eigenvalue weighted by Gasteiger charge is -2.26. The molecule has 1 aromatic carbocycles. The quantitative estimate of drug-likeness (QED) is 0.745. The molecule has 3 rings (SSSR count). The first kappa shape index (κ1) is 19.3. The second kappa shape index (κ2) is 7.67. The van der Waals surface area contributed by atoms with Crippen molar-refractivity contribution in [2.24, 2.45) is 5.92 Å². The number of rotatable bonds is 6. The van der Waals surface area contributed by atoms with Gasteiger partial charge >= 0.3 is 5.97 Å². The van der Waals surface area contributed by atoms with E-state index < -0.39 is 23.3 Å². The number of benzene rings is 1. The molecule has 146 valence electrons. The van der Waals surface area contributed by atoms with Gasteiger partial charge in [0, 0.05) is 24.8 Å². The number of ether oxygens (including phenoxy) is 2. The molecule has 2 amide bonds. The Morgan fingerprint density at radius 2 is 2.11 bits per heavy atom. The standard InChI is InChI=1S/C18H22N2O6S/c1-25-12-3-4-13(14(8-12)26-2)20-9-11(7-15(20)21)16(22)19-18(17(23)24)5-6-27-10-18/h3-4,8,11H,5-7,9-10H2,1-2H3,(H,19,22)(H,23,24). The number of anilines is 1. The highest BCUT2D eigenvalue weighted by molar-refractivity contribution is 7.99. The summed E-state index contributed by atoms with van der Waals surface area (Å²) in [6, 6.07) is 5.10. The highest BCUT2D eigenvalue weighted by Crippen LogP contribution is 2.36. The summed E-state index contributed by atoms with van der Waals surface area (Å²) in [5.41, 5.74) is -0.682. The molecule has 2 fully saturated rings. The third-order valence-corrected chi connectivity index (χ3v) is 6.16. The Morgan fingerprint density at radius 3 is 2.70 bits per heavy atom. The summed E-state index contributed by atoms with van der Waals surface area (Å²) in [4.78, 5) is 38.3. The smallest absolute Gasteiger partial charge is 0.330 e. The van der Waals surface area contributed by atoms with Gasteiger partial charge < -0.3 is 24.8 Å². The van der Waals surface area contributed by atoms with Gasteiger partial charge in [-0.25, -0.2) is 4.79 Å². The molecule has 2 unspecified atom stereocenters. The molecule has 8 nitrogen and oxygen atoms in total. The minimum Gasteiger partial charge on any atom is -0.497 e. The van der Waals surface area contributed by atoms with E-state index in [2.05, 4.69) is 5.32 Å². The van der Waals surface area contributed by atoms with E-state index in [0.29, 0.717) is 35.1 Å². The topological polar surface area (TPSA) is 105 Å². The number of carboxylic acid groups (broad SMARTS) is 1. The molecule has 2 N–H and O–H groups in total. The SMILES string of the molecule is COc1ccc(N2CC(C(=O)NC3(C(=O)O)CCSC3)CC2=O)c(OC)c1. The van der Waals surface area contributed by atoms with Gasteiger partial charge in [-0.05, 0) is 24.3 Å². The first-order valence-corrected chi connectivity index (χ1v) is 9.71. The minimum absolute atomic E-state index is 0.0316. The Kier molecular flexibility index (Phi) is 5.50. The zero-order valence-corrected chi connectivity index (χ0v) is 16.0. The van der Waals surface area contributed by atoms with Crippen LogP contribution in [0.1, 0.15) is 12.8 Å². The van der Waals surface area contributed by atoms with Crippen molar-refractivity contribution in [2.75, 3.05) is 37.2 Å². The van der Waals surface area contributed by atoms with Crippen molar-refractivity contribution in [3.05, 3.63) is 18.2 Å². The van der Waals surface area contributed by atoms with Gasteiger partial charge in [-0.2, -0.15) is 11.8 Å². The van der Waals surface area contributed by atoms with E-state index in [-0.39, 0.29) is 18.9 Å². The molecular formula is C18H22N2O6S. The summed E-state index contributed by atoms with van der Waals surface area (Å²) in [6.45, 7) is 0.177. The van der Waals surface area contributed by atoms with Crippen molar-refractivity contribution >= 4 is 35.2 Å². The van der Waals surface area contributed by atoms with Crippen LogP contribution in [0.4, 0.5) is 5.69 Å². The fourth-order valence-electron chi connectivity index (χ4n) is 3.35. The molecule has 2 aliphatic heterocycles. The van der Waals surface area contributed by atoms with E-state index in [4.69, 9.17) is 9.47 Å². The van der Waals surface area contributed by atoms with Crippen LogP contribution in [-0.2, 0) is 14.4 Å². The van der Waals surface area contributed by atoms with Gasteiger partial charge in [0.1, 0.15) is 17.0 Å². The average Bonchev–Trinajstić information content (AvgIpc) is 3.28. The Balaban J connectivity index is 1.75. The van der Waals surface area contributed by atoms with Crippen LogP contribution in [0.3, 0.4) is 0 Å². The molecule has 2 atom stereocenters. The Bertz CT molecular complexity index is 762. The number of aliphatic carboxylic acids is 1. The maximum absolute atomic E-state index is 12.7. The van der Waals surface area contributed by atoms with Gasteiger partial charge in [0.25, 0.3) is 0 Å². The predicted molar refractivity (Wildman–Crippen MR) is 100 cm³/mol. The summed E-state index contributed by atoms with van der Waals surface area (Å²) in [7, 11) is 3.03. The number of carbonyl (C=O) groups is 3. The molecule has 0 radical (unpaired) electrons. The summed E-state index contributed by atoms with van der Waals surface area (Å²) in [6.07, 6.45) is 0.416. The van der Waals surface area contributed by atoms with Crippen LogP contribution in [0.5, 0.6) is 11.5 Å². The molecule has 0 bridgehead atoms. The molecule has 2 heterocycles. The Hall–Kier alpha value is -2.42. The molecule has 0 aliphatic carbocycles. The minimum atomic E-state index is -1.24. The molecule has 0 aromatic heterocycles. The highest BCUT2D eigenvalue weighted by Gasteiger charge is 2.46. The van der Waals surface area contributed by atoms with Crippen LogP contribution in [0, 0.1) is 5.92 Å². The van der Waals surface area contributed by atoms with Crippen molar-refractivity contribution in [1.82, 2.24) is 5.32 Å². The molecule has 0 spiro atoms. The molecule has 9 heteroatoms. The normalized spacial score (nSPS) is 24.7. The second-order valence-corrected chi connectivity index (χ2v) is 7.73. The van der Waals surface area contributed by atoms with E-state index >= 15 is 0 Å². The Morgan fingerprint density at radius 1 is 1.33 bits per heavy atom. The third-order valence-electron chi connectivity index (χ3n) is 4.97. The second-order valence-electron chi connectivity index (χ2n) is 6.62. The first-order valence-electron chi connectivity index (χ1n) is 8.56. The van der Waals surface area contributed by atoms with Crippen LogP contribution in [-0.4, -0.2) is 60.7 Å². The fraction of sp³-hybridized carbons (Fsp3) is 0.500. The molecule has 2 aliphatic rings. The number of hydrogen-bond donors (Lipinski definition) is 2. The van der Waals surface area contributed by atoms with Crippen molar-refractivity contribution < 1.29 is 29.0 Å². The molecule has 27 heavy (non-hydrogen) atoms. The molecule has 0 saturated carbocycles. The van der Waals surface area contributed by atoms with Crippen LogP contribution in [0.15, 0.2) is 18.2 Å². The lowest BCUT2D eigenvalue weighted by atomic mass is 9.97. The highest BCUT2D eigenvalue weighted by atomic mass is 32.2. The van der Waals surface area contributed by atoms with E-state index in [0.717, 1.165) is 0 Å². The van der Waals surface area contributed by atoms with Crippen molar-refractivity contribution in [3.8, 4) is 11.5 Å². The van der Waals surface area contributed by atoms with E-state index in [1.165, 1.54) is 30.9 Å². The number of amides is 2. The zero-order valence-electron chi connectivity index (χ0n) is 15.2. The molecular weight excluding hydrogens is 372 g/mol. The van der Waals surface area contributed by atoms with Gasteiger partial charge in [0.2, 0.25) is 11.8 Å². The van der Waals surface area contributed by atoms with Crippen LogP contribution in [0.2, 0.25) is 0 Å². The summed E-state index contributed by atoms with van der Waals surface area (Å²) < 4.78 is 10.5.